The minimum Gasteiger partial charge on any atom is -0.373 e. The van der Waals surface area contributed by atoms with E-state index < -0.39 is 11.6 Å². The molecule has 2 atom stereocenters. The van der Waals surface area contributed by atoms with E-state index in [1.807, 2.05) is 6.92 Å². The number of rotatable bonds is 2. The van der Waals surface area contributed by atoms with Crippen molar-refractivity contribution in [2.45, 2.75) is 76.0 Å². The lowest BCUT2D eigenvalue weighted by molar-refractivity contribution is -0.159. The Bertz CT molecular complexity index is 437. The largest absolute Gasteiger partial charge is 0.373 e. The van der Waals surface area contributed by atoms with Crippen molar-refractivity contribution in [3.8, 4) is 0 Å². The molecule has 0 aromatic rings. The predicted molar refractivity (Wildman–Crippen MR) is 78.7 cm³/mol. The second kappa shape index (κ2) is 5.27. The number of carbonyl (C=O) groups is 2. The van der Waals surface area contributed by atoms with Gasteiger partial charge in [0.25, 0.3) is 0 Å². The zero-order valence-corrected chi connectivity index (χ0v) is 13.1. The highest BCUT2D eigenvalue weighted by Crippen LogP contribution is 2.35. The van der Waals surface area contributed by atoms with Gasteiger partial charge in [-0.05, 0) is 39.5 Å². The van der Waals surface area contributed by atoms with E-state index in [2.05, 4.69) is 12.2 Å². The van der Waals surface area contributed by atoms with Gasteiger partial charge in [0.2, 0.25) is 11.8 Å². The first-order valence-electron chi connectivity index (χ1n) is 8.23. The van der Waals surface area contributed by atoms with Gasteiger partial charge in [-0.25, -0.2) is 0 Å². The van der Waals surface area contributed by atoms with Crippen LogP contribution in [-0.4, -0.2) is 47.0 Å². The fourth-order valence-corrected chi connectivity index (χ4v) is 4.01. The van der Waals surface area contributed by atoms with Gasteiger partial charge in [0.05, 0.1) is 12.1 Å². The van der Waals surface area contributed by atoms with Crippen LogP contribution < -0.4 is 5.32 Å². The molecule has 3 aliphatic rings. The van der Waals surface area contributed by atoms with Crippen molar-refractivity contribution in [3.05, 3.63) is 0 Å². The van der Waals surface area contributed by atoms with E-state index in [-0.39, 0.29) is 17.4 Å². The first-order chi connectivity index (χ1) is 9.96. The molecule has 1 saturated carbocycles. The van der Waals surface area contributed by atoms with Gasteiger partial charge in [-0.15, -0.1) is 0 Å². The number of amides is 2. The van der Waals surface area contributed by atoms with Gasteiger partial charge >= 0.3 is 0 Å². The number of ether oxygens (including phenoxy) is 1. The van der Waals surface area contributed by atoms with Gasteiger partial charge < -0.3 is 15.0 Å². The summed E-state index contributed by atoms with van der Waals surface area (Å²) >= 11 is 0. The molecule has 2 amide bonds. The second-order valence-electron chi connectivity index (χ2n) is 7.14. The van der Waals surface area contributed by atoms with Gasteiger partial charge in [0, 0.05) is 6.61 Å². The summed E-state index contributed by atoms with van der Waals surface area (Å²) in [6, 6.07) is -0.397. The molecule has 0 radical (unpaired) electrons. The average Bonchev–Trinajstić information content (AvgIpc) is 2.90. The molecule has 0 aromatic heterocycles. The van der Waals surface area contributed by atoms with Crippen LogP contribution in [0.1, 0.15) is 58.8 Å². The Kier molecular flexibility index (Phi) is 3.72. The molecule has 1 N–H and O–H groups in total. The van der Waals surface area contributed by atoms with Crippen LogP contribution >= 0.6 is 0 Å². The zero-order valence-electron chi connectivity index (χ0n) is 13.1. The lowest BCUT2D eigenvalue weighted by Gasteiger charge is -2.48. The third kappa shape index (κ3) is 2.56. The molecule has 1 spiro atoms. The van der Waals surface area contributed by atoms with Crippen molar-refractivity contribution in [1.29, 1.82) is 0 Å². The number of hydrogen-bond donors (Lipinski definition) is 1. The molecule has 2 aliphatic heterocycles. The molecular formula is C16H26N2O3. The highest BCUT2D eigenvalue weighted by molar-refractivity contribution is 5.99. The standard InChI is InChI=1S/C16H26N2O3/c1-12-13(19)17-16(8-4-3-5-9-16)14(20)18(12)11-15(2)7-6-10-21-15/h12H,3-11H2,1-2H3,(H,17,19). The summed E-state index contributed by atoms with van der Waals surface area (Å²) in [5.74, 6) is 0.0871. The molecule has 0 aromatic carbocycles. The van der Waals surface area contributed by atoms with Crippen LogP contribution in [0.2, 0.25) is 0 Å². The Morgan fingerprint density at radius 3 is 2.52 bits per heavy atom. The number of nitrogens with zero attached hydrogens (tertiary/aromatic N) is 1. The monoisotopic (exact) mass is 294 g/mol. The van der Waals surface area contributed by atoms with E-state index in [0.717, 1.165) is 51.6 Å². The number of nitrogens with one attached hydrogen (secondary N) is 1. The molecule has 2 saturated heterocycles. The van der Waals surface area contributed by atoms with Crippen molar-refractivity contribution in [1.82, 2.24) is 10.2 Å². The molecule has 3 rings (SSSR count). The average molecular weight is 294 g/mol. The van der Waals surface area contributed by atoms with Gasteiger partial charge in [-0.3, -0.25) is 9.59 Å². The summed E-state index contributed by atoms with van der Waals surface area (Å²) in [7, 11) is 0. The van der Waals surface area contributed by atoms with Crippen LogP contribution in [0.4, 0.5) is 0 Å². The van der Waals surface area contributed by atoms with Crippen molar-refractivity contribution < 1.29 is 14.3 Å². The van der Waals surface area contributed by atoms with E-state index in [1.165, 1.54) is 0 Å². The quantitative estimate of drug-likeness (QED) is 0.841. The number of hydrogen-bond acceptors (Lipinski definition) is 3. The Morgan fingerprint density at radius 2 is 1.90 bits per heavy atom. The summed E-state index contributed by atoms with van der Waals surface area (Å²) in [6.45, 7) is 5.16. The summed E-state index contributed by atoms with van der Waals surface area (Å²) in [5.41, 5.74) is -0.936. The SMILES string of the molecule is CC1C(=O)NC2(CCCCC2)C(=O)N1CC1(C)CCCO1. The summed E-state index contributed by atoms with van der Waals surface area (Å²) in [5, 5.41) is 3.03. The molecular weight excluding hydrogens is 268 g/mol. The predicted octanol–water partition coefficient (Wildman–Crippen LogP) is 1.61. The lowest BCUT2D eigenvalue weighted by atomic mass is 9.78. The zero-order chi connectivity index (χ0) is 15.1. The van der Waals surface area contributed by atoms with Gasteiger partial charge in [0.1, 0.15) is 11.6 Å². The van der Waals surface area contributed by atoms with Crippen LogP contribution in [0, 0.1) is 0 Å². The second-order valence-corrected chi connectivity index (χ2v) is 7.14. The molecule has 1 aliphatic carbocycles. The highest BCUT2D eigenvalue weighted by atomic mass is 16.5. The minimum absolute atomic E-state index is 0.0157. The van der Waals surface area contributed by atoms with Crippen LogP contribution in [0.5, 0.6) is 0 Å². The Morgan fingerprint density at radius 1 is 1.19 bits per heavy atom. The molecule has 5 nitrogen and oxygen atoms in total. The normalized spacial score (nSPS) is 36.1. The minimum atomic E-state index is -0.642. The summed E-state index contributed by atoms with van der Waals surface area (Å²) < 4.78 is 5.83. The summed E-state index contributed by atoms with van der Waals surface area (Å²) in [6.07, 6.45) is 6.73. The van der Waals surface area contributed by atoms with Crippen LogP contribution in [-0.2, 0) is 14.3 Å². The number of piperazine rings is 1. The van der Waals surface area contributed by atoms with Gasteiger partial charge in [-0.1, -0.05) is 19.3 Å². The fraction of sp³-hybridized carbons (Fsp3) is 0.875. The number of carbonyl (C=O) groups excluding carboxylic acids is 2. The topological polar surface area (TPSA) is 58.6 Å². The third-order valence-corrected chi connectivity index (χ3v) is 5.39. The first-order valence-corrected chi connectivity index (χ1v) is 8.23. The Balaban J connectivity index is 1.82. The van der Waals surface area contributed by atoms with Crippen LogP contribution in [0.25, 0.3) is 0 Å². The Labute approximate surface area is 126 Å². The molecule has 21 heavy (non-hydrogen) atoms. The maximum absolute atomic E-state index is 13.0. The maximum atomic E-state index is 13.0. The summed E-state index contributed by atoms with van der Waals surface area (Å²) in [4.78, 5) is 27.2. The molecule has 3 fully saturated rings. The van der Waals surface area contributed by atoms with Crippen molar-refractivity contribution in [2.75, 3.05) is 13.2 Å². The third-order valence-electron chi connectivity index (χ3n) is 5.39. The van der Waals surface area contributed by atoms with E-state index >= 15 is 0 Å². The lowest BCUT2D eigenvalue weighted by Crippen LogP contribution is -2.71. The van der Waals surface area contributed by atoms with Crippen molar-refractivity contribution in [3.63, 3.8) is 0 Å². The molecule has 2 heterocycles. The van der Waals surface area contributed by atoms with Crippen molar-refractivity contribution in [2.24, 2.45) is 0 Å². The molecule has 118 valence electrons. The van der Waals surface area contributed by atoms with Crippen LogP contribution in [0.3, 0.4) is 0 Å². The molecule has 0 bridgehead atoms. The smallest absolute Gasteiger partial charge is 0.249 e. The van der Waals surface area contributed by atoms with Crippen LogP contribution in [0.15, 0.2) is 0 Å². The van der Waals surface area contributed by atoms with Crippen molar-refractivity contribution >= 4 is 11.8 Å². The molecule has 5 heteroatoms. The van der Waals surface area contributed by atoms with E-state index in [1.54, 1.807) is 4.90 Å². The maximum Gasteiger partial charge on any atom is 0.249 e. The van der Waals surface area contributed by atoms with E-state index in [9.17, 15) is 9.59 Å². The van der Waals surface area contributed by atoms with E-state index in [0.29, 0.717) is 6.54 Å². The fourth-order valence-electron chi connectivity index (χ4n) is 4.01. The first kappa shape index (κ1) is 14.8. The van der Waals surface area contributed by atoms with Gasteiger partial charge in [-0.2, -0.15) is 0 Å². The van der Waals surface area contributed by atoms with E-state index in [4.69, 9.17) is 4.74 Å². The highest BCUT2D eigenvalue weighted by Gasteiger charge is 2.51. The van der Waals surface area contributed by atoms with Gasteiger partial charge in [0.15, 0.2) is 0 Å². The molecule has 2 unspecified atom stereocenters. The Hall–Kier alpha value is -1.10.